The summed E-state index contributed by atoms with van der Waals surface area (Å²) in [6, 6.07) is 9.86. The van der Waals surface area contributed by atoms with Crippen molar-refractivity contribution >= 4 is 23.4 Å². The predicted molar refractivity (Wildman–Crippen MR) is 78.0 cm³/mol. The third-order valence-electron chi connectivity index (χ3n) is 2.99. The molecule has 1 heterocycles. The van der Waals surface area contributed by atoms with Gasteiger partial charge in [-0.2, -0.15) is 11.8 Å². The summed E-state index contributed by atoms with van der Waals surface area (Å²) in [5, 5.41) is 4.25. The van der Waals surface area contributed by atoms with Crippen LogP contribution in [0.1, 0.15) is 13.8 Å². The Morgan fingerprint density at radius 1 is 1.28 bits per heavy atom. The molecule has 0 spiro atoms. The molecule has 0 bridgehead atoms. The third-order valence-corrected chi connectivity index (χ3v) is 4.22. The van der Waals surface area contributed by atoms with Gasteiger partial charge in [0.05, 0.1) is 6.54 Å². The van der Waals surface area contributed by atoms with Crippen LogP contribution < -0.4 is 5.32 Å². The highest BCUT2D eigenvalue weighted by molar-refractivity contribution is 8.00. The van der Waals surface area contributed by atoms with Crippen LogP contribution in [0.3, 0.4) is 0 Å². The number of nitrogens with one attached hydrogen (secondary N) is 1. The van der Waals surface area contributed by atoms with Gasteiger partial charge in [-0.05, 0) is 12.1 Å². The molecule has 1 N–H and O–H groups in total. The number of para-hydroxylation sites is 1. The van der Waals surface area contributed by atoms with Crippen molar-refractivity contribution in [3.05, 3.63) is 30.3 Å². The van der Waals surface area contributed by atoms with Gasteiger partial charge in [0.15, 0.2) is 0 Å². The van der Waals surface area contributed by atoms with Gasteiger partial charge in [-0.3, -0.25) is 4.79 Å². The van der Waals surface area contributed by atoms with Crippen LogP contribution in [0.4, 0.5) is 5.69 Å². The van der Waals surface area contributed by atoms with E-state index in [0.29, 0.717) is 17.0 Å². The SMILES string of the molecule is CC1CN(C(=O)CNc2ccccc2)CC(C)S1. The Labute approximate surface area is 113 Å². The van der Waals surface area contributed by atoms with E-state index in [0.717, 1.165) is 18.8 Å². The third kappa shape index (κ3) is 3.67. The molecule has 0 saturated carbocycles. The lowest BCUT2D eigenvalue weighted by Gasteiger charge is -2.34. The van der Waals surface area contributed by atoms with Crippen LogP contribution >= 0.6 is 11.8 Å². The van der Waals surface area contributed by atoms with Gasteiger partial charge in [0, 0.05) is 29.3 Å². The molecule has 1 aromatic rings. The van der Waals surface area contributed by atoms with Crippen LogP contribution in [-0.4, -0.2) is 40.9 Å². The summed E-state index contributed by atoms with van der Waals surface area (Å²) in [6.07, 6.45) is 0. The van der Waals surface area contributed by atoms with Crippen molar-refractivity contribution < 1.29 is 4.79 Å². The molecule has 0 aliphatic carbocycles. The summed E-state index contributed by atoms with van der Waals surface area (Å²) in [7, 11) is 0. The highest BCUT2D eigenvalue weighted by atomic mass is 32.2. The lowest BCUT2D eigenvalue weighted by atomic mass is 10.3. The minimum absolute atomic E-state index is 0.192. The lowest BCUT2D eigenvalue weighted by molar-refractivity contribution is -0.129. The van der Waals surface area contributed by atoms with E-state index in [1.54, 1.807) is 0 Å². The summed E-state index contributed by atoms with van der Waals surface area (Å²) in [6.45, 7) is 6.49. The number of amides is 1. The summed E-state index contributed by atoms with van der Waals surface area (Å²) in [5.41, 5.74) is 0.998. The minimum atomic E-state index is 0.192. The number of thioether (sulfide) groups is 1. The number of anilines is 1. The summed E-state index contributed by atoms with van der Waals surface area (Å²) >= 11 is 1.96. The van der Waals surface area contributed by atoms with Gasteiger partial charge in [0.1, 0.15) is 0 Å². The molecule has 1 aliphatic rings. The Kier molecular flexibility index (Phi) is 4.53. The van der Waals surface area contributed by atoms with Crippen molar-refractivity contribution in [2.75, 3.05) is 25.0 Å². The van der Waals surface area contributed by atoms with Gasteiger partial charge in [0.25, 0.3) is 0 Å². The fraction of sp³-hybridized carbons (Fsp3) is 0.500. The molecule has 1 aliphatic heterocycles. The van der Waals surface area contributed by atoms with E-state index < -0.39 is 0 Å². The molecule has 0 aromatic heterocycles. The topological polar surface area (TPSA) is 32.3 Å². The zero-order valence-corrected chi connectivity index (χ0v) is 11.7. The van der Waals surface area contributed by atoms with E-state index in [9.17, 15) is 4.79 Å². The summed E-state index contributed by atoms with van der Waals surface area (Å²) in [4.78, 5) is 14.1. The Morgan fingerprint density at radius 3 is 2.50 bits per heavy atom. The molecule has 3 nitrogen and oxygen atoms in total. The highest BCUT2D eigenvalue weighted by Gasteiger charge is 2.25. The van der Waals surface area contributed by atoms with Gasteiger partial charge in [-0.1, -0.05) is 32.0 Å². The second kappa shape index (κ2) is 6.14. The number of nitrogens with zero attached hydrogens (tertiary/aromatic N) is 1. The second-order valence-electron chi connectivity index (χ2n) is 4.78. The van der Waals surface area contributed by atoms with Crippen LogP contribution in [0.5, 0.6) is 0 Å². The van der Waals surface area contributed by atoms with E-state index in [1.807, 2.05) is 47.0 Å². The van der Waals surface area contributed by atoms with E-state index in [4.69, 9.17) is 0 Å². The van der Waals surface area contributed by atoms with Crippen molar-refractivity contribution in [2.45, 2.75) is 24.3 Å². The maximum Gasteiger partial charge on any atom is 0.241 e. The molecule has 4 heteroatoms. The Morgan fingerprint density at radius 2 is 1.89 bits per heavy atom. The molecule has 1 fully saturated rings. The highest BCUT2D eigenvalue weighted by Crippen LogP contribution is 2.24. The zero-order chi connectivity index (χ0) is 13.0. The molecule has 98 valence electrons. The molecule has 1 saturated heterocycles. The van der Waals surface area contributed by atoms with Crippen molar-refractivity contribution in [1.29, 1.82) is 0 Å². The lowest BCUT2D eigenvalue weighted by Crippen LogP contribution is -2.46. The fourth-order valence-corrected chi connectivity index (χ4v) is 3.55. The Bertz CT molecular complexity index is 386. The quantitative estimate of drug-likeness (QED) is 0.910. The van der Waals surface area contributed by atoms with Crippen LogP contribution in [0.2, 0.25) is 0 Å². The molecule has 0 radical (unpaired) electrons. The predicted octanol–water partition coefficient (Wildman–Crippen LogP) is 2.45. The first-order valence-corrected chi connectivity index (χ1v) is 7.31. The van der Waals surface area contributed by atoms with E-state index in [-0.39, 0.29) is 5.91 Å². The maximum atomic E-state index is 12.1. The number of benzene rings is 1. The molecule has 1 amide bonds. The van der Waals surface area contributed by atoms with E-state index in [2.05, 4.69) is 19.2 Å². The fourth-order valence-electron chi connectivity index (χ4n) is 2.23. The minimum Gasteiger partial charge on any atom is -0.376 e. The first-order chi connectivity index (χ1) is 8.65. The van der Waals surface area contributed by atoms with E-state index >= 15 is 0 Å². The van der Waals surface area contributed by atoms with Gasteiger partial charge < -0.3 is 10.2 Å². The van der Waals surface area contributed by atoms with Crippen LogP contribution in [-0.2, 0) is 4.79 Å². The van der Waals surface area contributed by atoms with Crippen LogP contribution in [0.25, 0.3) is 0 Å². The molecular formula is C14H20N2OS. The summed E-state index contributed by atoms with van der Waals surface area (Å²) < 4.78 is 0. The molecule has 18 heavy (non-hydrogen) atoms. The molecule has 2 unspecified atom stereocenters. The number of carbonyl (C=O) groups is 1. The first kappa shape index (κ1) is 13.3. The average Bonchev–Trinajstić information content (AvgIpc) is 2.36. The van der Waals surface area contributed by atoms with Crippen molar-refractivity contribution in [3.8, 4) is 0 Å². The van der Waals surface area contributed by atoms with Gasteiger partial charge in [-0.15, -0.1) is 0 Å². The molecule has 2 atom stereocenters. The number of carbonyl (C=O) groups excluding carboxylic acids is 1. The molecule has 1 aromatic carbocycles. The largest absolute Gasteiger partial charge is 0.376 e. The van der Waals surface area contributed by atoms with E-state index in [1.165, 1.54) is 0 Å². The monoisotopic (exact) mass is 264 g/mol. The molecular weight excluding hydrogens is 244 g/mol. The maximum absolute atomic E-state index is 12.1. The van der Waals surface area contributed by atoms with Gasteiger partial charge in [0.2, 0.25) is 5.91 Å². The van der Waals surface area contributed by atoms with Crippen molar-refractivity contribution in [1.82, 2.24) is 4.90 Å². The van der Waals surface area contributed by atoms with Crippen LogP contribution in [0.15, 0.2) is 30.3 Å². The van der Waals surface area contributed by atoms with Crippen molar-refractivity contribution in [2.24, 2.45) is 0 Å². The van der Waals surface area contributed by atoms with Gasteiger partial charge in [-0.25, -0.2) is 0 Å². The molecule has 2 rings (SSSR count). The van der Waals surface area contributed by atoms with Crippen molar-refractivity contribution in [3.63, 3.8) is 0 Å². The zero-order valence-electron chi connectivity index (χ0n) is 10.9. The standard InChI is InChI=1S/C14H20N2OS/c1-11-9-16(10-12(2)18-11)14(17)8-15-13-6-4-3-5-7-13/h3-7,11-12,15H,8-10H2,1-2H3. The normalized spacial score (nSPS) is 23.8. The smallest absolute Gasteiger partial charge is 0.241 e. The Hall–Kier alpha value is -1.16. The number of hydrogen-bond donors (Lipinski definition) is 1. The number of hydrogen-bond acceptors (Lipinski definition) is 3. The first-order valence-electron chi connectivity index (χ1n) is 6.37. The number of rotatable bonds is 3. The summed E-state index contributed by atoms with van der Waals surface area (Å²) in [5.74, 6) is 0.192. The Balaban J connectivity index is 1.84. The average molecular weight is 264 g/mol. The van der Waals surface area contributed by atoms with Crippen LogP contribution in [0, 0.1) is 0 Å². The van der Waals surface area contributed by atoms with Gasteiger partial charge >= 0.3 is 0 Å². The second-order valence-corrected chi connectivity index (χ2v) is 6.66.